The predicted octanol–water partition coefficient (Wildman–Crippen LogP) is 2.25. The molecule has 1 aliphatic heterocycles. The van der Waals surface area contributed by atoms with Crippen molar-refractivity contribution >= 4 is 23.2 Å². The van der Waals surface area contributed by atoms with Crippen molar-refractivity contribution in [2.24, 2.45) is 5.41 Å². The average Bonchev–Trinajstić information content (AvgIpc) is 2.92. The Hall–Kier alpha value is -1.43. The Morgan fingerprint density at radius 2 is 2.37 bits per heavy atom. The molecule has 0 radical (unpaired) electrons. The molecule has 104 valence electrons. The minimum absolute atomic E-state index is 0.0936. The lowest BCUT2D eigenvalue weighted by Gasteiger charge is -2.39. The zero-order chi connectivity index (χ0) is 13.9. The summed E-state index contributed by atoms with van der Waals surface area (Å²) in [7, 11) is 0. The number of carbonyl (C=O) groups is 2. The van der Waals surface area contributed by atoms with Crippen LogP contribution >= 0.6 is 11.3 Å². The van der Waals surface area contributed by atoms with Crippen molar-refractivity contribution in [1.29, 1.82) is 0 Å². The highest BCUT2D eigenvalue weighted by Crippen LogP contribution is 2.35. The van der Waals surface area contributed by atoms with Crippen LogP contribution in [0.25, 0.3) is 0 Å². The van der Waals surface area contributed by atoms with Crippen molar-refractivity contribution in [3.05, 3.63) is 16.6 Å². The number of aromatic nitrogens is 1. The Kier molecular flexibility index (Phi) is 4.19. The van der Waals surface area contributed by atoms with Gasteiger partial charge >= 0.3 is 5.97 Å². The number of likely N-dealkylation sites (tertiary alicyclic amines) is 1. The van der Waals surface area contributed by atoms with Gasteiger partial charge in [0.15, 0.2) is 0 Å². The van der Waals surface area contributed by atoms with Crippen molar-refractivity contribution in [3.8, 4) is 0 Å². The molecular weight excluding hydrogens is 264 g/mol. The largest absolute Gasteiger partial charge is 0.481 e. The van der Waals surface area contributed by atoms with Crippen molar-refractivity contribution in [2.45, 2.75) is 32.6 Å². The lowest BCUT2D eigenvalue weighted by molar-refractivity contribution is -0.152. The van der Waals surface area contributed by atoms with Gasteiger partial charge in [0.2, 0.25) is 0 Å². The Balaban J connectivity index is 2.16. The third-order valence-corrected chi connectivity index (χ3v) is 4.45. The normalized spacial score (nSPS) is 23.3. The minimum atomic E-state index is -0.781. The van der Waals surface area contributed by atoms with Gasteiger partial charge in [-0.1, -0.05) is 13.3 Å². The molecule has 19 heavy (non-hydrogen) atoms. The first kappa shape index (κ1) is 14.0. The molecule has 2 heterocycles. The molecule has 0 aromatic carbocycles. The van der Waals surface area contributed by atoms with Crippen LogP contribution in [0.2, 0.25) is 0 Å². The number of hydrogen-bond donors (Lipinski definition) is 1. The van der Waals surface area contributed by atoms with Crippen LogP contribution in [0, 0.1) is 5.41 Å². The van der Waals surface area contributed by atoms with E-state index in [2.05, 4.69) is 4.98 Å². The molecule has 1 aromatic heterocycles. The van der Waals surface area contributed by atoms with Gasteiger partial charge in [-0.05, 0) is 19.3 Å². The molecule has 1 unspecified atom stereocenters. The average molecular weight is 282 g/mol. The minimum Gasteiger partial charge on any atom is -0.481 e. The monoisotopic (exact) mass is 282 g/mol. The Morgan fingerprint density at radius 3 is 2.95 bits per heavy atom. The van der Waals surface area contributed by atoms with E-state index < -0.39 is 11.4 Å². The Labute approximate surface area is 116 Å². The molecule has 1 aromatic rings. The second kappa shape index (κ2) is 5.69. The maximum absolute atomic E-state index is 12.3. The molecular formula is C13H18N2O3S. The molecule has 1 amide bonds. The maximum atomic E-state index is 12.3. The number of carboxylic acid groups (broad SMARTS) is 1. The van der Waals surface area contributed by atoms with Crippen LogP contribution in [-0.2, 0) is 4.79 Å². The third kappa shape index (κ3) is 2.78. The third-order valence-electron chi connectivity index (χ3n) is 3.69. The molecule has 0 aliphatic carbocycles. The lowest BCUT2D eigenvalue weighted by atomic mass is 9.76. The van der Waals surface area contributed by atoms with Crippen LogP contribution < -0.4 is 0 Å². The van der Waals surface area contributed by atoms with Crippen LogP contribution in [0.5, 0.6) is 0 Å². The van der Waals surface area contributed by atoms with E-state index in [9.17, 15) is 14.7 Å². The number of hydrogen-bond acceptors (Lipinski definition) is 4. The molecule has 1 N–H and O–H groups in total. The van der Waals surface area contributed by atoms with Gasteiger partial charge in [0, 0.05) is 13.1 Å². The Morgan fingerprint density at radius 1 is 1.58 bits per heavy atom. The van der Waals surface area contributed by atoms with E-state index in [0.29, 0.717) is 30.8 Å². The number of carbonyl (C=O) groups excluding carboxylic acids is 1. The Bertz CT molecular complexity index is 456. The highest BCUT2D eigenvalue weighted by Gasteiger charge is 2.43. The molecule has 6 heteroatoms. The van der Waals surface area contributed by atoms with Crippen LogP contribution in [0.1, 0.15) is 42.3 Å². The van der Waals surface area contributed by atoms with E-state index in [1.807, 2.05) is 6.92 Å². The van der Waals surface area contributed by atoms with Gasteiger partial charge in [-0.3, -0.25) is 14.6 Å². The molecule has 0 bridgehead atoms. The zero-order valence-electron chi connectivity index (χ0n) is 11.0. The van der Waals surface area contributed by atoms with E-state index in [-0.39, 0.29) is 5.91 Å². The standard InChI is InChI=1S/C13H18N2O3S/c1-2-4-13(12(17)18)5-3-6-15(8-13)11(16)10-7-14-9-19-10/h7,9H,2-6,8H2,1H3,(H,17,18). The quantitative estimate of drug-likeness (QED) is 0.919. The van der Waals surface area contributed by atoms with Gasteiger partial charge in [0.25, 0.3) is 5.91 Å². The summed E-state index contributed by atoms with van der Waals surface area (Å²) in [5.41, 5.74) is 0.848. The summed E-state index contributed by atoms with van der Waals surface area (Å²) >= 11 is 1.30. The fraction of sp³-hybridized carbons (Fsp3) is 0.615. The van der Waals surface area contributed by atoms with Gasteiger partial charge in [0.1, 0.15) is 4.88 Å². The molecule has 2 rings (SSSR count). The lowest BCUT2D eigenvalue weighted by Crippen LogP contribution is -2.49. The number of amides is 1. The van der Waals surface area contributed by atoms with Crippen LogP contribution in [-0.4, -0.2) is 40.0 Å². The summed E-state index contributed by atoms with van der Waals surface area (Å²) < 4.78 is 0. The van der Waals surface area contributed by atoms with Crippen LogP contribution in [0.15, 0.2) is 11.7 Å². The topological polar surface area (TPSA) is 70.5 Å². The second-order valence-corrected chi connectivity index (χ2v) is 5.92. The number of piperidine rings is 1. The highest BCUT2D eigenvalue weighted by molar-refractivity contribution is 7.11. The molecule has 5 nitrogen and oxygen atoms in total. The summed E-state index contributed by atoms with van der Waals surface area (Å²) in [5, 5.41) is 9.50. The molecule has 0 spiro atoms. The van der Waals surface area contributed by atoms with E-state index >= 15 is 0 Å². The van der Waals surface area contributed by atoms with Gasteiger partial charge in [-0.15, -0.1) is 11.3 Å². The van der Waals surface area contributed by atoms with E-state index in [1.165, 1.54) is 11.3 Å². The number of rotatable bonds is 4. The summed E-state index contributed by atoms with van der Waals surface area (Å²) in [6.45, 7) is 2.93. The number of carboxylic acids is 1. The van der Waals surface area contributed by atoms with Gasteiger partial charge in [-0.25, -0.2) is 0 Å². The molecule has 1 aliphatic rings. The van der Waals surface area contributed by atoms with Crippen LogP contribution in [0.3, 0.4) is 0 Å². The smallest absolute Gasteiger partial charge is 0.311 e. The highest BCUT2D eigenvalue weighted by atomic mass is 32.1. The van der Waals surface area contributed by atoms with E-state index in [4.69, 9.17) is 0 Å². The van der Waals surface area contributed by atoms with Gasteiger partial charge < -0.3 is 10.0 Å². The van der Waals surface area contributed by atoms with Crippen molar-refractivity contribution < 1.29 is 14.7 Å². The fourth-order valence-corrected chi connectivity index (χ4v) is 3.33. The first-order chi connectivity index (χ1) is 9.09. The predicted molar refractivity (Wildman–Crippen MR) is 72.2 cm³/mol. The van der Waals surface area contributed by atoms with E-state index in [1.54, 1.807) is 16.6 Å². The summed E-state index contributed by atoms with van der Waals surface area (Å²) in [4.78, 5) is 30.0. The molecule has 0 saturated carbocycles. The molecule has 1 atom stereocenters. The first-order valence-electron chi connectivity index (χ1n) is 6.50. The number of nitrogens with zero attached hydrogens (tertiary/aromatic N) is 2. The summed E-state index contributed by atoms with van der Waals surface area (Å²) in [6.07, 6.45) is 4.38. The fourth-order valence-electron chi connectivity index (χ4n) is 2.75. The van der Waals surface area contributed by atoms with E-state index in [0.717, 1.165) is 12.8 Å². The van der Waals surface area contributed by atoms with Crippen LogP contribution in [0.4, 0.5) is 0 Å². The zero-order valence-corrected chi connectivity index (χ0v) is 11.8. The van der Waals surface area contributed by atoms with Gasteiger partial charge in [-0.2, -0.15) is 0 Å². The number of thiazole rings is 1. The van der Waals surface area contributed by atoms with Gasteiger partial charge in [0.05, 0.1) is 17.1 Å². The summed E-state index contributed by atoms with van der Waals surface area (Å²) in [6, 6.07) is 0. The van der Waals surface area contributed by atoms with Crippen molar-refractivity contribution in [3.63, 3.8) is 0 Å². The SMILES string of the molecule is CCCC1(C(=O)O)CCCN(C(=O)c2cncs2)C1. The van der Waals surface area contributed by atoms with Crippen molar-refractivity contribution in [2.75, 3.05) is 13.1 Å². The second-order valence-electron chi connectivity index (χ2n) is 5.03. The molecule has 1 saturated heterocycles. The number of aliphatic carboxylic acids is 1. The summed E-state index contributed by atoms with van der Waals surface area (Å²) in [5.74, 6) is -0.875. The molecule has 1 fully saturated rings. The van der Waals surface area contributed by atoms with Crippen molar-refractivity contribution in [1.82, 2.24) is 9.88 Å². The maximum Gasteiger partial charge on any atom is 0.311 e. The first-order valence-corrected chi connectivity index (χ1v) is 7.38.